The maximum atomic E-state index is 12.2. The number of nitrogens with one attached hydrogen (secondary N) is 1. The minimum absolute atomic E-state index is 0.0860. The van der Waals surface area contributed by atoms with Crippen LogP contribution in [0.2, 0.25) is 0 Å². The molecular weight excluding hydrogens is 284 g/mol. The third kappa shape index (κ3) is 4.55. The van der Waals surface area contributed by atoms with Crippen molar-refractivity contribution in [3.63, 3.8) is 0 Å². The van der Waals surface area contributed by atoms with Crippen LogP contribution in [0.25, 0.3) is 6.08 Å². The van der Waals surface area contributed by atoms with E-state index >= 15 is 0 Å². The van der Waals surface area contributed by atoms with Crippen molar-refractivity contribution < 1.29 is 4.79 Å². The summed E-state index contributed by atoms with van der Waals surface area (Å²) in [6.07, 6.45) is 1.60. The van der Waals surface area contributed by atoms with Crippen molar-refractivity contribution in [2.24, 2.45) is 0 Å². The number of hydrogen-bond donors (Lipinski definition) is 1. The highest BCUT2D eigenvalue weighted by molar-refractivity contribution is 6.09. The highest BCUT2D eigenvalue weighted by Gasteiger charge is 2.09. The topological polar surface area (TPSA) is 52.9 Å². The monoisotopic (exact) mass is 304 g/mol. The molecule has 2 aromatic carbocycles. The van der Waals surface area contributed by atoms with Gasteiger partial charge in [-0.3, -0.25) is 4.79 Å². The van der Waals surface area contributed by atoms with Crippen LogP contribution in [0.3, 0.4) is 0 Å². The molecule has 2 aromatic rings. The molecule has 116 valence electrons. The van der Waals surface area contributed by atoms with Crippen molar-refractivity contribution in [1.82, 2.24) is 0 Å². The van der Waals surface area contributed by atoms with E-state index in [2.05, 4.69) is 19.2 Å². The molecule has 0 aliphatic rings. The molecule has 0 fully saturated rings. The Labute approximate surface area is 137 Å². The lowest BCUT2D eigenvalue weighted by atomic mass is 10.0. The zero-order valence-electron chi connectivity index (χ0n) is 13.6. The van der Waals surface area contributed by atoms with Crippen LogP contribution < -0.4 is 5.32 Å². The Morgan fingerprint density at radius 1 is 1.09 bits per heavy atom. The van der Waals surface area contributed by atoms with E-state index in [1.165, 1.54) is 5.56 Å². The number of anilines is 1. The van der Waals surface area contributed by atoms with Gasteiger partial charge in [-0.15, -0.1) is 0 Å². The van der Waals surface area contributed by atoms with Gasteiger partial charge in [0.15, 0.2) is 0 Å². The summed E-state index contributed by atoms with van der Waals surface area (Å²) in [7, 11) is 0. The first-order valence-electron chi connectivity index (χ1n) is 7.59. The highest BCUT2D eigenvalue weighted by atomic mass is 16.1. The van der Waals surface area contributed by atoms with Crippen LogP contribution in [0, 0.1) is 18.3 Å². The van der Waals surface area contributed by atoms with E-state index in [0.29, 0.717) is 11.6 Å². The average Bonchev–Trinajstić information content (AvgIpc) is 2.55. The average molecular weight is 304 g/mol. The zero-order chi connectivity index (χ0) is 16.8. The lowest BCUT2D eigenvalue weighted by Gasteiger charge is -2.06. The van der Waals surface area contributed by atoms with Gasteiger partial charge in [0.2, 0.25) is 0 Å². The molecule has 0 atom stereocenters. The number of carbonyl (C=O) groups is 1. The van der Waals surface area contributed by atoms with E-state index < -0.39 is 5.91 Å². The predicted molar refractivity (Wildman–Crippen MR) is 93.9 cm³/mol. The van der Waals surface area contributed by atoms with Crippen molar-refractivity contribution in [2.45, 2.75) is 26.7 Å². The summed E-state index contributed by atoms with van der Waals surface area (Å²) in [6.45, 7) is 6.23. The zero-order valence-corrected chi connectivity index (χ0v) is 13.6. The van der Waals surface area contributed by atoms with Gasteiger partial charge in [-0.05, 0) is 42.2 Å². The molecule has 0 saturated heterocycles. The summed E-state index contributed by atoms with van der Waals surface area (Å²) in [5.41, 5.74) is 3.94. The normalized spacial score (nSPS) is 11.2. The summed E-state index contributed by atoms with van der Waals surface area (Å²) in [5.74, 6) is 0.0533. The molecule has 0 bridgehead atoms. The molecule has 0 aliphatic carbocycles. The van der Waals surface area contributed by atoms with Crippen LogP contribution in [0.15, 0.2) is 54.1 Å². The minimum Gasteiger partial charge on any atom is -0.321 e. The molecule has 0 aliphatic heterocycles. The molecule has 0 aromatic heterocycles. The molecule has 3 heteroatoms. The van der Waals surface area contributed by atoms with E-state index in [0.717, 1.165) is 11.1 Å². The summed E-state index contributed by atoms with van der Waals surface area (Å²) >= 11 is 0. The quantitative estimate of drug-likeness (QED) is 0.659. The Balaban J connectivity index is 2.16. The van der Waals surface area contributed by atoms with Crippen LogP contribution in [0.5, 0.6) is 0 Å². The number of aryl methyl sites for hydroxylation is 1. The van der Waals surface area contributed by atoms with Gasteiger partial charge in [0.05, 0.1) is 0 Å². The number of benzene rings is 2. The molecule has 1 N–H and O–H groups in total. The summed E-state index contributed by atoms with van der Waals surface area (Å²) < 4.78 is 0. The maximum Gasteiger partial charge on any atom is 0.266 e. The number of hydrogen-bond acceptors (Lipinski definition) is 2. The Morgan fingerprint density at radius 3 is 2.22 bits per heavy atom. The van der Waals surface area contributed by atoms with E-state index in [1.807, 2.05) is 61.5 Å². The second kappa shape index (κ2) is 7.42. The van der Waals surface area contributed by atoms with Crippen molar-refractivity contribution in [3.8, 4) is 6.07 Å². The van der Waals surface area contributed by atoms with E-state index in [4.69, 9.17) is 0 Å². The largest absolute Gasteiger partial charge is 0.321 e. The predicted octanol–water partition coefficient (Wildman–Crippen LogP) is 4.66. The minimum atomic E-state index is -0.399. The lowest BCUT2D eigenvalue weighted by molar-refractivity contribution is -0.112. The van der Waals surface area contributed by atoms with Gasteiger partial charge in [0.25, 0.3) is 5.91 Å². The molecule has 0 heterocycles. The summed E-state index contributed by atoms with van der Waals surface area (Å²) in [4.78, 5) is 12.2. The van der Waals surface area contributed by atoms with Crippen molar-refractivity contribution in [3.05, 3.63) is 70.8 Å². The number of rotatable bonds is 4. The van der Waals surface area contributed by atoms with Gasteiger partial charge in [-0.25, -0.2) is 0 Å². The first kappa shape index (κ1) is 16.5. The first-order valence-corrected chi connectivity index (χ1v) is 7.59. The standard InChI is InChI=1S/C20H20N2O/c1-14(2)17-8-6-16(7-9-17)12-18(13-21)20(23)22-19-10-4-15(3)5-11-19/h4-12,14H,1-3H3,(H,22,23)/b18-12-. The Hall–Kier alpha value is -2.86. The Morgan fingerprint density at radius 2 is 1.70 bits per heavy atom. The third-order valence-electron chi connectivity index (χ3n) is 3.59. The smallest absolute Gasteiger partial charge is 0.266 e. The molecule has 0 saturated carbocycles. The second-order valence-corrected chi connectivity index (χ2v) is 5.81. The second-order valence-electron chi connectivity index (χ2n) is 5.81. The number of carbonyl (C=O) groups excluding carboxylic acids is 1. The Bertz CT molecular complexity index is 748. The molecule has 1 amide bonds. The Kier molecular flexibility index (Phi) is 5.32. The van der Waals surface area contributed by atoms with Crippen LogP contribution in [0.1, 0.15) is 36.5 Å². The molecule has 23 heavy (non-hydrogen) atoms. The van der Waals surface area contributed by atoms with Crippen molar-refractivity contribution in [2.75, 3.05) is 5.32 Å². The fourth-order valence-electron chi connectivity index (χ4n) is 2.13. The van der Waals surface area contributed by atoms with Crippen LogP contribution in [0.4, 0.5) is 5.69 Å². The molecule has 0 radical (unpaired) electrons. The SMILES string of the molecule is Cc1ccc(NC(=O)/C(C#N)=C\c2ccc(C(C)C)cc2)cc1. The van der Waals surface area contributed by atoms with Crippen LogP contribution in [-0.4, -0.2) is 5.91 Å². The molecular formula is C20H20N2O. The van der Waals surface area contributed by atoms with Gasteiger partial charge in [-0.1, -0.05) is 55.8 Å². The van der Waals surface area contributed by atoms with Crippen molar-refractivity contribution >= 4 is 17.7 Å². The van der Waals surface area contributed by atoms with Gasteiger partial charge in [0.1, 0.15) is 11.6 Å². The van der Waals surface area contributed by atoms with Gasteiger partial charge in [-0.2, -0.15) is 5.26 Å². The van der Waals surface area contributed by atoms with Crippen LogP contribution in [-0.2, 0) is 4.79 Å². The van der Waals surface area contributed by atoms with Gasteiger partial charge in [0, 0.05) is 5.69 Å². The lowest BCUT2D eigenvalue weighted by Crippen LogP contribution is -2.13. The fourth-order valence-corrected chi connectivity index (χ4v) is 2.13. The van der Waals surface area contributed by atoms with E-state index in [-0.39, 0.29) is 5.57 Å². The molecule has 3 nitrogen and oxygen atoms in total. The van der Waals surface area contributed by atoms with Gasteiger partial charge < -0.3 is 5.32 Å². The van der Waals surface area contributed by atoms with Crippen molar-refractivity contribution in [1.29, 1.82) is 5.26 Å². The van der Waals surface area contributed by atoms with Gasteiger partial charge >= 0.3 is 0 Å². The fraction of sp³-hybridized carbons (Fsp3) is 0.200. The van der Waals surface area contributed by atoms with E-state index in [1.54, 1.807) is 6.08 Å². The summed E-state index contributed by atoms with van der Waals surface area (Å²) in [5, 5.41) is 12.0. The molecule has 2 rings (SSSR count). The van der Waals surface area contributed by atoms with Crippen LogP contribution >= 0.6 is 0 Å². The third-order valence-corrected chi connectivity index (χ3v) is 3.59. The molecule has 0 spiro atoms. The number of nitriles is 1. The molecule has 0 unspecified atom stereocenters. The van der Waals surface area contributed by atoms with E-state index in [9.17, 15) is 10.1 Å². The first-order chi connectivity index (χ1) is 11.0. The number of amides is 1. The summed E-state index contributed by atoms with van der Waals surface area (Å²) in [6, 6.07) is 17.3. The maximum absolute atomic E-state index is 12.2. The number of nitrogens with zero attached hydrogens (tertiary/aromatic N) is 1. The highest BCUT2D eigenvalue weighted by Crippen LogP contribution is 2.17.